The summed E-state index contributed by atoms with van der Waals surface area (Å²) in [6, 6.07) is 20.8. The van der Waals surface area contributed by atoms with Crippen molar-refractivity contribution in [1.29, 1.82) is 0 Å². The van der Waals surface area contributed by atoms with E-state index >= 15 is 0 Å². The molecule has 0 unspecified atom stereocenters. The summed E-state index contributed by atoms with van der Waals surface area (Å²) in [5, 5.41) is 5.59. The number of nitrogens with zero attached hydrogens (tertiary/aromatic N) is 1. The van der Waals surface area contributed by atoms with Gasteiger partial charge in [-0.2, -0.15) is 0 Å². The van der Waals surface area contributed by atoms with Gasteiger partial charge in [0.2, 0.25) is 5.91 Å². The normalized spacial score (nSPS) is 12.2. The van der Waals surface area contributed by atoms with Crippen molar-refractivity contribution in [2.24, 2.45) is 0 Å². The smallest absolute Gasteiger partial charge is 0.325 e. The highest BCUT2D eigenvalue weighted by Crippen LogP contribution is 2.34. The highest BCUT2D eigenvalue weighted by Gasteiger charge is 2.17. The number of imide groups is 1. The van der Waals surface area contributed by atoms with Crippen LogP contribution in [0.3, 0.4) is 0 Å². The predicted molar refractivity (Wildman–Crippen MR) is 144 cm³/mol. The van der Waals surface area contributed by atoms with Crippen LogP contribution in [-0.2, 0) is 4.79 Å². The van der Waals surface area contributed by atoms with Gasteiger partial charge in [0.1, 0.15) is 13.2 Å². The third kappa shape index (κ3) is 5.95. The molecular weight excluding hydrogens is 488 g/mol. The monoisotopic (exact) mass is 514 g/mol. The van der Waals surface area contributed by atoms with Gasteiger partial charge in [-0.15, -0.1) is 0 Å². The van der Waals surface area contributed by atoms with Crippen molar-refractivity contribution in [2.75, 3.05) is 24.3 Å². The molecule has 9 heteroatoms. The summed E-state index contributed by atoms with van der Waals surface area (Å²) in [5.41, 5.74) is 6.50. The van der Waals surface area contributed by atoms with E-state index in [9.17, 15) is 9.59 Å². The van der Waals surface area contributed by atoms with Crippen molar-refractivity contribution in [3.05, 3.63) is 77.9 Å². The average Bonchev–Trinajstić information content (AvgIpc) is 3.32. The van der Waals surface area contributed by atoms with Crippen LogP contribution >= 0.6 is 11.8 Å². The maximum absolute atomic E-state index is 12.5. The number of benzene rings is 3. The van der Waals surface area contributed by atoms with E-state index in [2.05, 4.69) is 27.8 Å². The van der Waals surface area contributed by atoms with Crippen LogP contribution in [0.2, 0.25) is 0 Å². The molecule has 0 bridgehead atoms. The lowest BCUT2D eigenvalue weighted by molar-refractivity contribution is -0.117. The molecule has 188 valence electrons. The van der Waals surface area contributed by atoms with Crippen molar-refractivity contribution in [3.8, 4) is 34.0 Å². The molecule has 0 spiro atoms. The number of rotatable bonds is 6. The summed E-state index contributed by atoms with van der Waals surface area (Å²) in [7, 11) is 0. The zero-order valence-electron chi connectivity index (χ0n) is 20.5. The fourth-order valence-corrected chi connectivity index (χ4v) is 4.52. The lowest BCUT2D eigenvalue weighted by atomic mass is 10.0. The summed E-state index contributed by atoms with van der Waals surface area (Å²) >= 11 is 1.23. The maximum Gasteiger partial charge on any atom is 0.325 e. The standard InChI is InChI=1S/C28H26N4O4S/c1-17-3-7-19(8-4-17)25-26(20-9-5-18(2)6-10-20)32-28(31-25)37-16-24(33)30-27(34)29-21-11-12-22-23(15-21)36-14-13-35-22/h3-12,15H,13-14,16H2,1-2H3,(H,31,32)(H2,29,30,33,34). The molecule has 37 heavy (non-hydrogen) atoms. The van der Waals surface area contributed by atoms with Gasteiger partial charge in [-0.05, 0) is 26.0 Å². The number of aromatic amines is 1. The number of ether oxygens (including phenoxy) is 2. The van der Waals surface area contributed by atoms with Gasteiger partial charge >= 0.3 is 6.03 Å². The van der Waals surface area contributed by atoms with Gasteiger partial charge in [0.05, 0.1) is 17.1 Å². The van der Waals surface area contributed by atoms with E-state index in [1.807, 2.05) is 50.2 Å². The number of carbonyl (C=O) groups excluding carboxylic acids is 2. The number of imidazole rings is 1. The number of H-pyrrole nitrogens is 1. The molecule has 0 aliphatic carbocycles. The van der Waals surface area contributed by atoms with E-state index < -0.39 is 11.9 Å². The van der Waals surface area contributed by atoms with E-state index in [0.29, 0.717) is 35.6 Å². The van der Waals surface area contributed by atoms with Crippen LogP contribution in [0.4, 0.5) is 10.5 Å². The van der Waals surface area contributed by atoms with Crippen LogP contribution in [0.15, 0.2) is 71.9 Å². The van der Waals surface area contributed by atoms with Gasteiger partial charge in [-0.1, -0.05) is 71.4 Å². The Kier molecular flexibility index (Phi) is 7.14. The largest absolute Gasteiger partial charge is 0.486 e. The van der Waals surface area contributed by atoms with Crippen molar-refractivity contribution in [2.45, 2.75) is 19.0 Å². The Morgan fingerprint density at radius 1 is 0.892 bits per heavy atom. The molecule has 3 N–H and O–H groups in total. The molecule has 4 aromatic rings. The van der Waals surface area contributed by atoms with Crippen molar-refractivity contribution in [3.63, 3.8) is 0 Å². The minimum Gasteiger partial charge on any atom is -0.486 e. The number of hydrogen-bond acceptors (Lipinski definition) is 6. The third-order valence-electron chi connectivity index (χ3n) is 5.74. The van der Waals surface area contributed by atoms with E-state index in [1.165, 1.54) is 17.3 Å². The number of urea groups is 1. The summed E-state index contributed by atoms with van der Waals surface area (Å²) in [6.45, 7) is 5.02. The number of thioether (sulfide) groups is 1. The Bertz CT molecular complexity index is 1370. The molecule has 0 fully saturated rings. The Morgan fingerprint density at radius 3 is 2.24 bits per heavy atom. The molecule has 5 rings (SSSR count). The average molecular weight is 515 g/mol. The minimum atomic E-state index is -0.623. The minimum absolute atomic E-state index is 0.0166. The first-order valence-electron chi connectivity index (χ1n) is 11.8. The van der Waals surface area contributed by atoms with Gasteiger partial charge in [-0.3, -0.25) is 10.1 Å². The van der Waals surface area contributed by atoms with Crippen LogP contribution < -0.4 is 20.1 Å². The number of fused-ring (bicyclic) bond motifs is 1. The second kappa shape index (κ2) is 10.8. The molecule has 3 amide bonds. The summed E-state index contributed by atoms with van der Waals surface area (Å²) < 4.78 is 11.0. The fourth-order valence-electron chi connectivity index (χ4n) is 3.85. The Labute approximate surface area is 218 Å². The van der Waals surface area contributed by atoms with Crippen LogP contribution in [0, 0.1) is 13.8 Å². The lowest BCUT2D eigenvalue weighted by Crippen LogP contribution is -2.35. The van der Waals surface area contributed by atoms with Gasteiger partial charge in [0, 0.05) is 22.9 Å². The molecule has 0 saturated carbocycles. The number of anilines is 1. The molecule has 3 aromatic carbocycles. The molecule has 1 aliphatic rings. The molecular formula is C28H26N4O4S. The molecule has 8 nitrogen and oxygen atoms in total. The quantitative estimate of drug-likeness (QED) is 0.291. The molecule has 1 aromatic heterocycles. The zero-order chi connectivity index (χ0) is 25.8. The maximum atomic E-state index is 12.5. The van der Waals surface area contributed by atoms with Crippen LogP contribution in [0.5, 0.6) is 11.5 Å². The van der Waals surface area contributed by atoms with Gasteiger partial charge < -0.3 is 19.8 Å². The van der Waals surface area contributed by atoms with Crippen LogP contribution in [-0.4, -0.2) is 40.9 Å². The first-order valence-corrected chi connectivity index (χ1v) is 12.8. The molecule has 1 aliphatic heterocycles. The van der Waals surface area contributed by atoms with Gasteiger partial charge in [-0.25, -0.2) is 9.78 Å². The van der Waals surface area contributed by atoms with Crippen molar-refractivity contribution < 1.29 is 19.1 Å². The summed E-state index contributed by atoms with van der Waals surface area (Å²) in [4.78, 5) is 32.9. The Hall–Kier alpha value is -4.24. The highest BCUT2D eigenvalue weighted by molar-refractivity contribution is 7.99. The number of nitrogens with one attached hydrogen (secondary N) is 3. The number of carbonyl (C=O) groups is 2. The summed E-state index contributed by atoms with van der Waals surface area (Å²) in [6.07, 6.45) is 0. The number of hydrogen-bond donors (Lipinski definition) is 3. The lowest BCUT2D eigenvalue weighted by Gasteiger charge is -2.19. The third-order valence-corrected chi connectivity index (χ3v) is 6.61. The van der Waals surface area contributed by atoms with Gasteiger partial charge in [0.15, 0.2) is 16.7 Å². The fraction of sp³-hybridized carbons (Fsp3) is 0.179. The SMILES string of the molecule is Cc1ccc(-c2nc(SCC(=O)NC(=O)Nc3ccc4c(c3)OCCO4)[nH]c2-c2ccc(C)cc2)cc1. The second-order valence-corrected chi connectivity index (χ2v) is 9.61. The molecule has 2 heterocycles. The first-order chi connectivity index (χ1) is 17.9. The van der Waals surface area contributed by atoms with E-state index in [0.717, 1.165) is 28.1 Å². The van der Waals surface area contributed by atoms with E-state index in [-0.39, 0.29) is 5.75 Å². The predicted octanol–water partition coefficient (Wildman–Crippen LogP) is 5.57. The van der Waals surface area contributed by atoms with E-state index in [1.54, 1.807) is 18.2 Å². The number of amides is 3. The van der Waals surface area contributed by atoms with E-state index in [4.69, 9.17) is 14.5 Å². The molecule has 0 atom stereocenters. The second-order valence-electron chi connectivity index (χ2n) is 8.65. The topological polar surface area (TPSA) is 105 Å². The molecule has 0 radical (unpaired) electrons. The van der Waals surface area contributed by atoms with Gasteiger partial charge in [0.25, 0.3) is 0 Å². The highest BCUT2D eigenvalue weighted by atomic mass is 32.2. The van der Waals surface area contributed by atoms with Crippen molar-refractivity contribution >= 4 is 29.4 Å². The first kappa shape index (κ1) is 24.5. The molecule has 0 saturated heterocycles. The Morgan fingerprint density at radius 2 is 1.54 bits per heavy atom. The summed E-state index contributed by atoms with van der Waals surface area (Å²) in [5.74, 6) is 0.754. The van der Waals surface area contributed by atoms with Crippen LogP contribution in [0.25, 0.3) is 22.5 Å². The Balaban J connectivity index is 1.25. The number of aromatic nitrogens is 2. The van der Waals surface area contributed by atoms with Crippen LogP contribution in [0.1, 0.15) is 11.1 Å². The zero-order valence-corrected chi connectivity index (χ0v) is 21.3. The van der Waals surface area contributed by atoms with Crippen molar-refractivity contribution in [1.82, 2.24) is 15.3 Å². The number of aryl methyl sites for hydroxylation is 2.